The predicted molar refractivity (Wildman–Crippen MR) is 83.9 cm³/mol. The summed E-state index contributed by atoms with van der Waals surface area (Å²) in [6.07, 6.45) is 1.47. The summed E-state index contributed by atoms with van der Waals surface area (Å²) in [5.74, 6) is -1.20. The number of aromatic nitrogens is 3. The fourth-order valence-corrected chi connectivity index (χ4v) is 1.99. The maximum Gasteiger partial charge on any atom is 0.249 e. The number of anilines is 4. The van der Waals surface area contributed by atoms with E-state index in [4.69, 9.17) is 0 Å². The Hall–Kier alpha value is -3.09. The molecule has 1 heterocycles. The van der Waals surface area contributed by atoms with E-state index >= 15 is 0 Å². The fourth-order valence-electron chi connectivity index (χ4n) is 1.99. The molecular weight excluding hydrogens is 300 g/mol. The largest absolute Gasteiger partial charge is 0.339 e. The van der Waals surface area contributed by atoms with E-state index in [1.165, 1.54) is 12.3 Å². The standard InChI is InChI=1S/C16H13F2N5/c1-10-3-2-4-11(7-10)20-15-9-19-23-16(22-15)21-12-5-6-13(17)14(18)8-12/h2-9H,1H3,(H2,20,21,22,23). The topological polar surface area (TPSA) is 62.7 Å². The SMILES string of the molecule is Cc1cccc(Nc2cnnc(Nc3ccc(F)c(F)c3)n2)c1. The molecule has 0 aliphatic heterocycles. The van der Waals surface area contributed by atoms with Gasteiger partial charge in [-0.3, -0.25) is 0 Å². The lowest BCUT2D eigenvalue weighted by atomic mass is 10.2. The highest BCUT2D eigenvalue weighted by Gasteiger charge is 2.05. The summed E-state index contributed by atoms with van der Waals surface area (Å²) in [7, 11) is 0. The third-order valence-corrected chi connectivity index (χ3v) is 3.03. The Morgan fingerprint density at radius 1 is 0.913 bits per heavy atom. The van der Waals surface area contributed by atoms with Crippen molar-refractivity contribution in [1.82, 2.24) is 15.2 Å². The first-order valence-corrected chi connectivity index (χ1v) is 6.86. The molecule has 0 spiro atoms. The summed E-state index contributed by atoms with van der Waals surface area (Å²) >= 11 is 0. The first kappa shape index (κ1) is 14.8. The molecule has 0 fully saturated rings. The maximum atomic E-state index is 13.2. The van der Waals surface area contributed by atoms with Crippen molar-refractivity contribution < 1.29 is 8.78 Å². The van der Waals surface area contributed by atoms with Crippen LogP contribution in [-0.4, -0.2) is 15.2 Å². The minimum Gasteiger partial charge on any atom is -0.339 e. The zero-order valence-corrected chi connectivity index (χ0v) is 12.2. The van der Waals surface area contributed by atoms with Crippen LogP contribution in [0.3, 0.4) is 0 Å². The second-order valence-corrected chi connectivity index (χ2v) is 4.91. The molecule has 0 amide bonds. The molecule has 2 aromatic carbocycles. The molecule has 0 bridgehead atoms. The van der Waals surface area contributed by atoms with Gasteiger partial charge < -0.3 is 10.6 Å². The molecule has 0 saturated heterocycles. The zero-order chi connectivity index (χ0) is 16.2. The van der Waals surface area contributed by atoms with E-state index in [2.05, 4.69) is 25.8 Å². The molecule has 116 valence electrons. The summed E-state index contributed by atoms with van der Waals surface area (Å²) in [4.78, 5) is 4.23. The second kappa shape index (κ2) is 6.35. The molecule has 0 aliphatic rings. The number of benzene rings is 2. The summed E-state index contributed by atoms with van der Waals surface area (Å²) < 4.78 is 26.1. The van der Waals surface area contributed by atoms with Gasteiger partial charge in [-0.1, -0.05) is 12.1 Å². The number of aryl methyl sites for hydroxylation is 1. The van der Waals surface area contributed by atoms with Gasteiger partial charge >= 0.3 is 0 Å². The molecule has 0 radical (unpaired) electrons. The van der Waals surface area contributed by atoms with Crippen molar-refractivity contribution in [2.45, 2.75) is 6.92 Å². The Morgan fingerprint density at radius 3 is 2.52 bits per heavy atom. The van der Waals surface area contributed by atoms with Crippen LogP contribution in [-0.2, 0) is 0 Å². The zero-order valence-electron chi connectivity index (χ0n) is 12.2. The summed E-state index contributed by atoms with van der Waals surface area (Å²) in [5.41, 5.74) is 2.31. The van der Waals surface area contributed by atoms with E-state index in [0.717, 1.165) is 23.4 Å². The Morgan fingerprint density at radius 2 is 1.74 bits per heavy atom. The number of halogens is 2. The second-order valence-electron chi connectivity index (χ2n) is 4.91. The van der Waals surface area contributed by atoms with Crippen molar-refractivity contribution in [3.05, 3.63) is 65.9 Å². The number of hydrogen-bond acceptors (Lipinski definition) is 5. The fraction of sp³-hybridized carbons (Fsp3) is 0.0625. The lowest BCUT2D eigenvalue weighted by Gasteiger charge is -2.08. The van der Waals surface area contributed by atoms with Crippen LogP contribution in [0, 0.1) is 18.6 Å². The highest BCUT2D eigenvalue weighted by Crippen LogP contribution is 2.19. The van der Waals surface area contributed by atoms with Crippen LogP contribution in [0.5, 0.6) is 0 Å². The summed E-state index contributed by atoms with van der Waals surface area (Å²) in [5, 5.41) is 13.5. The molecule has 0 saturated carbocycles. The number of nitrogens with one attached hydrogen (secondary N) is 2. The van der Waals surface area contributed by atoms with Gasteiger partial charge in [-0.2, -0.15) is 10.1 Å². The monoisotopic (exact) mass is 313 g/mol. The van der Waals surface area contributed by atoms with E-state index in [9.17, 15) is 8.78 Å². The van der Waals surface area contributed by atoms with Gasteiger partial charge in [0.05, 0.1) is 6.20 Å². The van der Waals surface area contributed by atoms with Gasteiger partial charge in [-0.15, -0.1) is 5.10 Å². The van der Waals surface area contributed by atoms with Crippen LogP contribution in [0.4, 0.5) is 31.9 Å². The van der Waals surface area contributed by atoms with E-state index in [1.807, 2.05) is 31.2 Å². The quantitative estimate of drug-likeness (QED) is 0.764. The molecule has 3 rings (SSSR count). The van der Waals surface area contributed by atoms with E-state index in [0.29, 0.717) is 11.5 Å². The first-order chi connectivity index (χ1) is 11.1. The third-order valence-electron chi connectivity index (χ3n) is 3.03. The lowest BCUT2D eigenvalue weighted by molar-refractivity contribution is 0.509. The third kappa shape index (κ3) is 3.76. The average molecular weight is 313 g/mol. The average Bonchev–Trinajstić information content (AvgIpc) is 2.51. The molecule has 1 aromatic heterocycles. The molecule has 23 heavy (non-hydrogen) atoms. The molecule has 7 heteroatoms. The Labute approximate surface area is 131 Å². The Balaban J connectivity index is 1.78. The van der Waals surface area contributed by atoms with Crippen molar-refractivity contribution in [2.75, 3.05) is 10.6 Å². The van der Waals surface area contributed by atoms with Gasteiger partial charge in [0.1, 0.15) is 0 Å². The highest BCUT2D eigenvalue weighted by atomic mass is 19.2. The van der Waals surface area contributed by atoms with Crippen LogP contribution in [0.15, 0.2) is 48.7 Å². The molecule has 0 unspecified atom stereocenters. The number of rotatable bonds is 4. The van der Waals surface area contributed by atoms with Crippen LogP contribution < -0.4 is 10.6 Å². The van der Waals surface area contributed by atoms with Gasteiger partial charge in [0.2, 0.25) is 5.95 Å². The van der Waals surface area contributed by atoms with Gasteiger partial charge in [0.15, 0.2) is 17.5 Å². The minimum atomic E-state index is -0.947. The Kier molecular flexibility index (Phi) is 4.09. The van der Waals surface area contributed by atoms with Crippen LogP contribution in [0.2, 0.25) is 0 Å². The van der Waals surface area contributed by atoms with Crippen molar-refractivity contribution >= 4 is 23.1 Å². The number of nitrogens with zero attached hydrogens (tertiary/aromatic N) is 3. The van der Waals surface area contributed by atoms with Crippen molar-refractivity contribution in [2.24, 2.45) is 0 Å². The molecule has 0 atom stereocenters. The van der Waals surface area contributed by atoms with Gasteiger partial charge in [0, 0.05) is 17.4 Å². The number of hydrogen-bond donors (Lipinski definition) is 2. The first-order valence-electron chi connectivity index (χ1n) is 6.86. The van der Waals surface area contributed by atoms with Crippen molar-refractivity contribution in [3.8, 4) is 0 Å². The smallest absolute Gasteiger partial charge is 0.249 e. The van der Waals surface area contributed by atoms with Gasteiger partial charge in [-0.25, -0.2) is 8.78 Å². The van der Waals surface area contributed by atoms with Crippen LogP contribution >= 0.6 is 0 Å². The molecule has 5 nitrogen and oxygen atoms in total. The predicted octanol–water partition coefficient (Wildman–Crippen LogP) is 3.95. The van der Waals surface area contributed by atoms with Crippen molar-refractivity contribution in [1.29, 1.82) is 0 Å². The maximum absolute atomic E-state index is 13.2. The molecule has 3 aromatic rings. The molecular formula is C16H13F2N5. The highest BCUT2D eigenvalue weighted by molar-refractivity contribution is 5.59. The summed E-state index contributed by atoms with van der Waals surface area (Å²) in [6.45, 7) is 1.99. The molecule has 2 N–H and O–H groups in total. The Bertz CT molecular complexity index is 838. The summed E-state index contributed by atoms with van der Waals surface area (Å²) in [6, 6.07) is 11.2. The van der Waals surface area contributed by atoms with Crippen molar-refractivity contribution in [3.63, 3.8) is 0 Å². The van der Waals surface area contributed by atoms with Crippen LogP contribution in [0.25, 0.3) is 0 Å². The minimum absolute atomic E-state index is 0.175. The normalized spacial score (nSPS) is 10.4. The van der Waals surface area contributed by atoms with Gasteiger partial charge in [-0.05, 0) is 36.8 Å². The van der Waals surface area contributed by atoms with E-state index < -0.39 is 11.6 Å². The van der Waals surface area contributed by atoms with E-state index in [-0.39, 0.29) is 5.95 Å². The van der Waals surface area contributed by atoms with E-state index in [1.54, 1.807) is 0 Å². The van der Waals surface area contributed by atoms with Gasteiger partial charge in [0.25, 0.3) is 0 Å². The van der Waals surface area contributed by atoms with Crippen LogP contribution in [0.1, 0.15) is 5.56 Å². The molecule has 0 aliphatic carbocycles. The lowest BCUT2D eigenvalue weighted by Crippen LogP contribution is -2.02.